The van der Waals surface area contributed by atoms with Gasteiger partial charge in [0.1, 0.15) is 0 Å². The van der Waals surface area contributed by atoms with Crippen molar-refractivity contribution in [1.82, 2.24) is 10.2 Å². The smallest absolute Gasteiger partial charge is 0.230 e. The number of thioether (sulfide) groups is 1. The number of amides is 1. The zero-order chi connectivity index (χ0) is 16.5. The van der Waals surface area contributed by atoms with Crippen LogP contribution in [0.5, 0.6) is 0 Å². The molecular formula is C18H26N2O2S. The van der Waals surface area contributed by atoms with Crippen molar-refractivity contribution in [2.45, 2.75) is 25.6 Å². The third-order valence-corrected chi connectivity index (χ3v) is 4.78. The van der Waals surface area contributed by atoms with Crippen LogP contribution in [0.4, 0.5) is 0 Å². The molecule has 1 aliphatic heterocycles. The van der Waals surface area contributed by atoms with Crippen molar-refractivity contribution < 1.29 is 9.53 Å². The van der Waals surface area contributed by atoms with Crippen LogP contribution in [0, 0.1) is 0 Å². The second-order valence-corrected chi connectivity index (χ2v) is 6.82. The number of morpholine rings is 1. The molecule has 0 saturated carbocycles. The van der Waals surface area contributed by atoms with Crippen molar-refractivity contribution >= 4 is 17.7 Å². The monoisotopic (exact) mass is 334 g/mol. The molecule has 1 aliphatic rings. The number of rotatable bonds is 8. The molecule has 1 N–H and O–H groups in total. The summed E-state index contributed by atoms with van der Waals surface area (Å²) in [6.07, 6.45) is 1.86. The van der Waals surface area contributed by atoms with Gasteiger partial charge in [-0.25, -0.2) is 0 Å². The number of nitrogens with one attached hydrogen (secondary N) is 1. The van der Waals surface area contributed by atoms with Crippen molar-refractivity contribution in [2.75, 3.05) is 31.2 Å². The second kappa shape index (κ2) is 9.75. The quantitative estimate of drug-likeness (QED) is 0.585. The number of carbonyl (C=O) groups is 1. The van der Waals surface area contributed by atoms with Gasteiger partial charge in [-0.15, -0.1) is 18.3 Å². The first-order chi connectivity index (χ1) is 11.2. The third kappa shape index (κ3) is 6.37. The van der Waals surface area contributed by atoms with Gasteiger partial charge in [-0.1, -0.05) is 36.4 Å². The van der Waals surface area contributed by atoms with E-state index in [1.54, 1.807) is 11.8 Å². The molecule has 0 spiro atoms. The van der Waals surface area contributed by atoms with Gasteiger partial charge < -0.3 is 10.1 Å². The van der Waals surface area contributed by atoms with E-state index in [0.29, 0.717) is 12.4 Å². The minimum Gasteiger partial charge on any atom is -0.373 e. The predicted octanol–water partition coefficient (Wildman–Crippen LogP) is 2.31. The lowest BCUT2D eigenvalue weighted by molar-refractivity contribution is -0.121. The van der Waals surface area contributed by atoms with Gasteiger partial charge >= 0.3 is 0 Å². The SMILES string of the molecule is C=CCSCC(=O)N[C@H](C)[C@H]1CN(Cc2ccccc2)CCO1. The molecular weight excluding hydrogens is 308 g/mol. The van der Waals surface area contributed by atoms with Gasteiger partial charge in [0.25, 0.3) is 0 Å². The first-order valence-corrected chi connectivity index (χ1v) is 9.20. The lowest BCUT2D eigenvalue weighted by Gasteiger charge is -2.36. The standard InChI is InChI=1S/C18H26N2O2S/c1-3-11-23-14-18(21)19-15(2)17-13-20(9-10-22-17)12-16-7-5-4-6-8-16/h3-8,15,17H,1,9-14H2,2H3,(H,19,21)/t15-,17-/m1/s1. The van der Waals surface area contributed by atoms with Crippen LogP contribution >= 0.6 is 11.8 Å². The summed E-state index contributed by atoms with van der Waals surface area (Å²) in [7, 11) is 0. The van der Waals surface area contributed by atoms with Crippen LogP contribution in [0.3, 0.4) is 0 Å². The second-order valence-electron chi connectivity index (χ2n) is 5.79. The first-order valence-electron chi connectivity index (χ1n) is 8.05. The van der Waals surface area contributed by atoms with Gasteiger partial charge in [-0.3, -0.25) is 9.69 Å². The van der Waals surface area contributed by atoms with Crippen molar-refractivity contribution in [2.24, 2.45) is 0 Å². The van der Waals surface area contributed by atoms with Gasteiger partial charge in [0, 0.05) is 25.4 Å². The number of ether oxygens (including phenoxy) is 1. The molecule has 4 nitrogen and oxygen atoms in total. The topological polar surface area (TPSA) is 41.6 Å². The molecule has 1 heterocycles. The summed E-state index contributed by atoms with van der Waals surface area (Å²) in [5.41, 5.74) is 1.31. The Balaban J connectivity index is 1.78. The van der Waals surface area contributed by atoms with Crippen LogP contribution in [-0.2, 0) is 16.1 Å². The summed E-state index contributed by atoms with van der Waals surface area (Å²) in [6, 6.07) is 10.5. The highest BCUT2D eigenvalue weighted by Gasteiger charge is 2.26. The Morgan fingerprint density at radius 2 is 2.30 bits per heavy atom. The Labute approximate surface area is 143 Å². The lowest BCUT2D eigenvalue weighted by atomic mass is 10.1. The molecule has 0 radical (unpaired) electrons. The van der Waals surface area contributed by atoms with Crippen LogP contribution in [-0.4, -0.2) is 54.2 Å². The minimum atomic E-state index is 0.0189. The third-order valence-electron chi connectivity index (χ3n) is 3.84. The number of hydrogen-bond donors (Lipinski definition) is 1. The lowest BCUT2D eigenvalue weighted by Crippen LogP contribution is -2.52. The summed E-state index contributed by atoms with van der Waals surface area (Å²) < 4.78 is 5.85. The van der Waals surface area contributed by atoms with E-state index < -0.39 is 0 Å². The highest BCUT2D eigenvalue weighted by molar-refractivity contribution is 8.00. The molecule has 2 rings (SSSR count). The molecule has 1 saturated heterocycles. The fourth-order valence-electron chi connectivity index (χ4n) is 2.64. The van der Waals surface area contributed by atoms with Crippen LogP contribution in [0.2, 0.25) is 0 Å². The van der Waals surface area contributed by atoms with Gasteiger partial charge in [0.05, 0.1) is 24.5 Å². The first kappa shape index (κ1) is 18.0. The molecule has 5 heteroatoms. The van der Waals surface area contributed by atoms with Gasteiger partial charge in [0.15, 0.2) is 0 Å². The molecule has 1 aromatic carbocycles. The Hall–Kier alpha value is -1.30. The van der Waals surface area contributed by atoms with E-state index in [9.17, 15) is 4.79 Å². The zero-order valence-electron chi connectivity index (χ0n) is 13.7. The molecule has 23 heavy (non-hydrogen) atoms. The van der Waals surface area contributed by atoms with Crippen molar-refractivity contribution in [3.8, 4) is 0 Å². The van der Waals surface area contributed by atoms with Crippen LogP contribution < -0.4 is 5.32 Å². The van der Waals surface area contributed by atoms with Crippen LogP contribution in [0.25, 0.3) is 0 Å². The highest BCUT2D eigenvalue weighted by Crippen LogP contribution is 2.13. The van der Waals surface area contributed by atoms with E-state index in [4.69, 9.17) is 4.74 Å². The summed E-state index contributed by atoms with van der Waals surface area (Å²) in [4.78, 5) is 14.3. The summed E-state index contributed by atoms with van der Waals surface area (Å²) in [6.45, 7) is 9.09. The Bertz CT molecular complexity index is 495. The highest BCUT2D eigenvalue weighted by atomic mass is 32.2. The van der Waals surface area contributed by atoms with E-state index in [-0.39, 0.29) is 18.1 Å². The number of benzene rings is 1. The Morgan fingerprint density at radius 1 is 1.52 bits per heavy atom. The van der Waals surface area contributed by atoms with Crippen molar-refractivity contribution in [3.05, 3.63) is 48.6 Å². The molecule has 0 unspecified atom stereocenters. The van der Waals surface area contributed by atoms with Gasteiger partial charge in [0.2, 0.25) is 5.91 Å². The van der Waals surface area contributed by atoms with Gasteiger partial charge in [-0.05, 0) is 12.5 Å². The van der Waals surface area contributed by atoms with Crippen molar-refractivity contribution in [1.29, 1.82) is 0 Å². The maximum atomic E-state index is 11.9. The molecule has 0 bridgehead atoms. The molecule has 126 valence electrons. The Morgan fingerprint density at radius 3 is 3.04 bits per heavy atom. The number of nitrogens with zero attached hydrogens (tertiary/aromatic N) is 1. The zero-order valence-corrected chi connectivity index (χ0v) is 14.6. The van der Waals surface area contributed by atoms with E-state index in [0.717, 1.165) is 25.4 Å². The fourth-order valence-corrected chi connectivity index (χ4v) is 3.20. The molecule has 1 fully saturated rings. The van der Waals surface area contributed by atoms with Gasteiger partial charge in [-0.2, -0.15) is 0 Å². The average Bonchev–Trinajstić information content (AvgIpc) is 2.56. The maximum absolute atomic E-state index is 11.9. The molecule has 2 atom stereocenters. The summed E-state index contributed by atoms with van der Waals surface area (Å²) >= 11 is 1.57. The average molecular weight is 334 g/mol. The molecule has 1 aromatic rings. The number of hydrogen-bond acceptors (Lipinski definition) is 4. The van der Waals surface area contributed by atoms with Crippen LogP contribution in [0.15, 0.2) is 43.0 Å². The minimum absolute atomic E-state index is 0.0189. The van der Waals surface area contributed by atoms with E-state index in [1.165, 1.54) is 5.56 Å². The van der Waals surface area contributed by atoms with E-state index >= 15 is 0 Å². The van der Waals surface area contributed by atoms with E-state index in [2.05, 4.69) is 41.1 Å². The van der Waals surface area contributed by atoms with E-state index in [1.807, 2.05) is 19.1 Å². The molecule has 0 aromatic heterocycles. The Kier molecular flexibility index (Phi) is 7.65. The molecule has 0 aliphatic carbocycles. The fraction of sp³-hybridized carbons (Fsp3) is 0.500. The normalized spacial score (nSPS) is 20.0. The number of carbonyl (C=O) groups excluding carboxylic acids is 1. The maximum Gasteiger partial charge on any atom is 0.230 e. The predicted molar refractivity (Wildman–Crippen MR) is 96.6 cm³/mol. The van der Waals surface area contributed by atoms with Crippen LogP contribution in [0.1, 0.15) is 12.5 Å². The largest absolute Gasteiger partial charge is 0.373 e. The molecule has 1 amide bonds. The summed E-state index contributed by atoms with van der Waals surface area (Å²) in [5, 5.41) is 3.05. The summed E-state index contributed by atoms with van der Waals surface area (Å²) in [5.74, 6) is 1.33. The van der Waals surface area contributed by atoms with Crippen molar-refractivity contribution in [3.63, 3.8) is 0 Å².